The Bertz CT molecular complexity index is 874. The van der Waals surface area contributed by atoms with E-state index in [1.54, 1.807) is 0 Å². The number of hydrogen-bond acceptors (Lipinski definition) is 5. The van der Waals surface area contributed by atoms with Crippen LogP contribution in [0.3, 0.4) is 0 Å². The zero-order chi connectivity index (χ0) is 18.5. The molecule has 0 radical (unpaired) electrons. The fraction of sp³-hybridized carbons (Fsp3) is 0.273. The number of hydrogen-bond donors (Lipinski definition) is 3. The van der Waals surface area contributed by atoms with E-state index in [0.717, 1.165) is 24.2 Å². The Hall–Kier alpha value is -3.08. The summed E-state index contributed by atoms with van der Waals surface area (Å²) in [5, 5.41) is 6.93. The molecule has 138 valence electrons. The van der Waals surface area contributed by atoms with Gasteiger partial charge in [-0.25, -0.2) is 9.97 Å². The van der Waals surface area contributed by atoms with E-state index in [1.807, 2.05) is 48.5 Å². The van der Waals surface area contributed by atoms with E-state index in [0.29, 0.717) is 29.9 Å². The summed E-state index contributed by atoms with van der Waals surface area (Å²) < 4.78 is 0. The van der Waals surface area contributed by atoms with Gasteiger partial charge in [-0.2, -0.15) is 0 Å². The molecule has 0 unspecified atom stereocenters. The lowest BCUT2D eigenvalue weighted by molar-refractivity contribution is 0.750. The van der Waals surface area contributed by atoms with Crippen molar-refractivity contribution in [2.24, 2.45) is 0 Å². The number of nitrogens with two attached hydrogens (primary N) is 1. The summed E-state index contributed by atoms with van der Waals surface area (Å²) in [5.41, 5.74) is 9.17. The number of nitrogen functional groups attached to an aromatic ring is 1. The Morgan fingerprint density at radius 2 is 1.48 bits per heavy atom. The van der Waals surface area contributed by atoms with Gasteiger partial charge in [0.1, 0.15) is 5.69 Å². The molecular weight excluding hydrogens is 334 g/mol. The molecular formula is C22H25N5. The largest absolute Gasteiger partial charge is 0.393 e. The summed E-state index contributed by atoms with van der Waals surface area (Å²) in [5.74, 6) is 2.08. The molecule has 1 heterocycles. The fourth-order valence-electron chi connectivity index (χ4n) is 3.48. The van der Waals surface area contributed by atoms with Crippen molar-refractivity contribution in [2.45, 2.75) is 38.3 Å². The van der Waals surface area contributed by atoms with E-state index in [4.69, 9.17) is 15.7 Å². The highest BCUT2D eigenvalue weighted by molar-refractivity contribution is 5.77. The Morgan fingerprint density at radius 1 is 0.852 bits per heavy atom. The predicted octanol–water partition coefficient (Wildman–Crippen LogP) is 4.69. The highest BCUT2D eigenvalue weighted by atomic mass is 15.1. The first-order valence-electron chi connectivity index (χ1n) is 9.57. The third kappa shape index (κ3) is 4.19. The highest BCUT2D eigenvalue weighted by Crippen LogP contribution is 2.31. The molecule has 0 atom stereocenters. The first-order chi connectivity index (χ1) is 13.3. The molecule has 4 rings (SSSR count). The van der Waals surface area contributed by atoms with Gasteiger partial charge in [-0.15, -0.1) is 0 Å². The maximum Gasteiger partial charge on any atom is 0.164 e. The van der Waals surface area contributed by atoms with Gasteiger partial charge in [-0.3, -0.25) is 0 Å². The van der Waals surface area contributed by atoms with Crippen LogP contribution in [0.2, 0.25) is 0 Å². The number of nitrogens with one attached hydrogen (secondary N) is 2. The van der Waals surface area contributed by atoms with Gasteiger partial charge in [-0.1, -0.05) is 73.5 Å². The summed E-state index contributed by atoms with van der Waals surface area (Å²) in [6.07, 6.45) is 4.84. The van der Waals surface area contributed by atoms with E-state index in [1.165, 1.54) is 18.4 Å². The maximum atomic E-state index is 6.42. The van der Waals surface area contributed by atoms with Gasteiger partial charge in [-0.05, 0) is 18.4 Å². The van der Waals surface area contributed by atoms with E-state index >= 15 is 0 Å². The average Bonchev–Trinajstić information content (AvgIpc) is 3.23. The molecule has 1 fully saturated rings. The zero-order valence-electron chi connectivity index (χ0n) is 15.4. The van der Waals surface area contributed by atoms with Crippen molar-refractivity contribution >= 4 is 17.3 Å². The molecule has 5 nitrogen and oxygen atoms in total. The molecule has 1 aliphatic carbocycles. The van der Waals surface area contributed by atoms with E-state index in [9.17, 15) is 0 Å². The van der Waals surface area contributed by atoms with Crippen molar-refractivity contribution in [2.75, 3.05) is 16.4 Å². The van der Waals surface area contributed by atoms with Crippen molar-refractivity contribution in [1.29, 1.82) is 0 Å². The lowest BCUT2D eigenvalue weighted by atomic mass is 10.2. The highest BCUT2D eigenvalue weighted by Gasteiger charge is 2.19. The van der Waals surface area contributed by atoms with Crippen molar-refractivity contribution in [3.63, 3.8) is 0 Å². The van der Waals surface area contributed by atoms with Crippen LogP contribution in [0.4, 0.5) is 17.3 Å². The molecule has 4 N–H and O–H groups in total. The van der Waals surface area contributed by atoms with Gasteiger partial charge in [0.15, 0.2) is 17.5 Å². The Kier molecular flexibility index (Phi) is 5.19. The molecule has 0 saturated heterocycles. The van der Waals surface area contributed by atoms with Gasteiger partial charge >= 0.3 is 0 Å². The quantitative estimate of drug-likeness (QED) is 0.595. The molecule has 0 aliphatic heterocycles. The SMILES string of the molecule is Nc1c(NCc2ccccc2)nc(-c2ccccc2)nc1NC1CCCC1. The zero-order valence-corrected chi connectivity index (χ0v) is 15.4. The van der Waals surface area contributed by atoms with E-state index in [2.05, 4.69) is 22.8 Å². The third-order valence-electron chi connectivity index (χ3n) is 4.98. The molecule has 27 heavy (non-hydrogen) atoms. The second kappa shape index (κ2) is 8.08. The number of aromatic nitrogens is 2. The van der Waals surface area contributed by atoms with Crippen LogP contribution in [-0.2, 0) is 6.54 Å². The lowest BCUT2D eigenvalue weighted by Gasteiger charge is -2.18. The molecule has 1 aliphatic rings. The first kappa shape index (κ1) is 17.3. The third-order valence-corrected chi connectivity index (χ3v) is 4.98. The van der Waals surface area contributed by atoms with E-state index < -0.39 is 0 Å². The monoisotopic (exact) mass is 359 g/mol. The standard InChI is InChI=1S/C22H25N5/c23-19-21(24-15-16-9-3-1-4-10-16)26-20(17-11-5-2-6-12-17)27-22(19)25-18-13-7-8-14-18/h1-6,9-12,18H,7-8,13-15,23H2,(H2,24,25,26,27). The molecule has 3 aromatic rings. The van der Waals surface area contributed by atoms with Gasteiger partial charge < -0.3 is 16.4 Å². The first-order valence-corrected chi connectivity index (χ1v) is 9.57. The minimum Gasteiger partial charge on any atom is -0.393 e. The van der Waals surface area contributed by atoms with Crippen molar-refractivity contribution in [3.8, 4) is 11.4 Å². The molecule has 0 spiro atoms. The van der Waals surface area contributed by atoms with Gasteiger partial charge in [0.2, 0.25) is 0 Å². The second-order valence-corrected chi connectivity index (χ2v) is 6.99. The van der Waals surface area contributed by atoms with Gasteiger partial charge in [0.05, 0.1) is 0 Å². The second-order valence-electron chi connectivity index (χ2n) is 6.99. The summed E-state index contributed by atoms with van der Waals surface area (Å²) in [4.78, 5) is 9.44. The number of benzene rings is 2. The molecule has 1 aromatic heterocycles. The number of rotatable bonds is 6. The number of nitrogens with zero attached hydrogens (tertiary/aromatic N) is 2. The predicted molar refractivity (Wildman–Crippen MR) is 112 cm³/mol. The molecule has 2 aromatic carbocycles. The van der Waals surface area contributed by atoms with Crippen LogP contribution in [0.1, 0.15) is 31.2 Å². The normalized spacial score (nSPS) is 14.2. The minimum absolute atomic E-state index is 0.438. The van der Waals surface area contributed by atoms with Crippen LogP contribution in [0.5, 0.6) is 0 Å². The molecule has 0 bridgehead atoms. The van der Waals surface area contributed by atoms with Crippen LogP contribution >= 0.6 is 0 Å². The fourth-order valence-corrected chi connectivity index (χ4v) is 3.48. The van der Waals surface area contributed by atoms with E-state index in [-0.39, 0.29) is 0 Å². The lowest BCUT2D eigenvalue weighted by Crippen LogP contribution is -2.18. The Balaban J connectivity index is 1.65. The molecule has 1 saturated carbocycles. The van der Waals surface area contributed by atoms with Crippen molar-refractivity contribution in [1.82, 2.24) is 9.97 Å². The smallest absolute Gasteiger partial charge is 0.164 e. The summed E-state index contributed by atoms with van der Waals surface area (Å²) in [7, 11) is 0. The topological polar surface area (TPSA) is 75.9 Å². The molecule has 0 amide bonds. The summed E-state index contributed by atoms with van der Waals surface area (Å²) in [6, 6.07) is 20.7. The van der Waals surface area contributed by atoms with Gasteiger partial charge in [0.25, 0.3) is 0 Å². The van der Waals surface area contributed by atoms with Crippen LogP contribution < -0.4 is 16.4 Å². The Labute approximate surface area is 160 Å². The summed E-state index contributed by atoms with van der Waals surface area (Å²) >= 11 is 0. The molecule has 5 heteroatoms. The van der Waals surface area contributed by atoms with Crippen LogP contribution in [0.25, 0.3) is 11.4 Å². The number of anilines is 3. The van der Waals surface area contributed by atoms with Crippen LogP contribution in [-0.4, -0.2) is 16.0 Å². The van der Waals surface area contributed by atoms with Crippen LogP contribution in [0.15, 0.2) is 60.7 Å². The summed E-state index contributed by atoms with van der Waals surface area (Å²) in [6.45, 7) is 0.666. The van der Waals surface area contributed by atoms with Crippen LogP contribution in [0, 0.1) is 0 Å². The Morgan fingerprint density at radius 3 is 2.19 bits per heavy atom. The maximum absolute atomic E-state index is 6.42. The van der Waals surface area contributed by atoms with Crippen molar-refractivity contribution < 1.29 is 0 Å². The minimum atomic E-state index is 0.438. The van der Waals surface area contributed by atoms with Crippen molar-refractivity contribution in [3.05, 3.63) is 66.2 Å². The van der Waals surface area contributed by atoms with Gasteiger partial charge in [0, 0.05) is 18.2 Å². The average molecular weight is 359 g/mol.